The molecule has 0 aromatic heterocycles. The largest absolute Gasteiger partial charge is 0.506 e. The Bertz CT molecular complexity index is 351. The second-order valence-electron chi connectivity index (χ2n) is 2.28. The van der Waals surface area contributed by atoms with Gasteiger partial charge < -0.3 is 10.2 Å². The molecular formula is C8H7BrO3S. The minimum atomic E-state index is -1.04. The van der Waals surface area contributed by atoms with Gasteiger partial charge in [-0.2, -0.15) is 0 Å². The Hall–Kier alpha value is -0.680. The zero-order chi connectivity index (χ0) is 10.0. The van der Waals surface area contributed by atoms with Crippen molar-refractivity contribution in [2.45, 2.75) is 4.90 Å². The molecule has 0 fully saturated rings. The lowest BCUT2D eigenvalue weighted by Crippen LogP contribution is -1.98. The Morgan fingerprint density at radius 2 is 2.15 bits per heavy atom. The first-order valence-corrected chi connectivity index (χ1v) is 5.38. The normalized spacial score (nSPS) is 10.0. The van der Waals surface area contributed by atoms with Crippen molar-refractivity contribution in [2.75, 3.05) is 6.26 Å². The van der Waals surface area contributed by atoms with Gasteiger partial charge in [-0.25, -0.2) is 4.79 Å². The summed E-state index contributed by atoms with van der Waals surface area (Å²) in [7, 11) is 0. The summed E-state index contributed by atoms with van der Waals surface area (Å²) in [6, 6.07) is 2.97. The molecule has 13 heavy (non-hydrogen) atoms. The number of phenols is 1. The van der Waals surface area contributed by atoms with E-state index in [2.05, 4.69) is 15.9 Å². The SMILES string of the molecule is CSc1c(C(=O)O)ccc(Br)c1O. The smallest absolute Gasteiger partial charge is 0.336 e. The monoisotopic (exact) mass is 262 g/mol. The van der Waals surface area contributed by atoms with Gasteiger partial charge in [-0.3, -0.25) is 0 Å². The molecule has 0 radical (unpaired) electrons. The average molecular weight is 263 g/mol. The van der Waals surface area contributed by atoms with Crippen molar-refractivity contribution in [3.8, 4) is 5.75 Å². The first-order chi connectivity index (χ1) is 6.07. The first kappa shape index (κ1) is 10.4. The van der Waals surface area contributed by atoms with Gasteiger partial charge in [0, 0.05) is 0 Å². The Morgan fingerprint density at radius 3 is 2.62 bits per heavy atom. The molecule has 70 valence electrons. The number of aromatic hydroxyl groups is 1. The fourth-order valence-corrected chi connectivity index (χ4v) is 2.06. The van der Waals surface area contributed by atoms with E-state index in [1.54, 1.807) is 6.26 Å². The van der Waals surface area contributed by atoms with Crippen LogP contribution in [0.2, 0.25) is 0 Å². The van der Waals surface area contributed by atoms with Crippen molar-refractivity contribution >= 4 is 33.7 Å². The van der Waals surface area contributed by atoms with Crippen LogP contribution in [-0.2, 0) is 0 Å². The number of hydrogen-bond donors (Lipinski definition) is 2. The Balaban J connectivity index is 3.38. The highest BCUT2D eigenvalue weighted by atomic mass is 79.9. The molecule has 5 heteroatoms. The van der Waals surface area contributed by atoms with Crippen molar-refractivity contribution in [1.29, 1.82) is 0 Å². The minimum Gasteiger partial charge on any atom is -0.506 e. The molecule has 0 bridgehead atoms. The van der Waals surface area contributed by atoms with E-state index >= 15 is 0 Å². The molecule has 0 aliphatic carbocycles. The number of halogens is 1. The van der Waals surface area contributed by atoms with Crippen molar-refractivity contribution in [3.63, 3.8) is 0 Å². The van der Waals surface area contributed by atoms with Gasteiger partial charge in [-0.15, -0.1) is 11.8 Å². The van der Waals surface area contributed by atoms with Crippen LogP contribution in [0.3, 0.4) is 0 Å². The van der Waals surface area contributed by atoms with Crippen LogP contribution in [0.1, 0.15) is 10.4 Å². The second-order valence-corrected chi connectivity index (χ2v) is 3.95. The minimum absolute atomic E-state index is 0.0209. The maximum Gasteiger partial charge on any atom is 0.336 e. The molecule has 3 nitrogen and oxygen atoms in total. The fourth-order valence-electron chi connectivity index (χ4n) is 0.922. The maximum atomic E-state index is 10.7. The Morgan fingerprint density at radius 1 is 1.54 bits per heavy atom. The van der Waals surface area contributed by atoms with E-state index in [9.17, 15) is 9.90 Å². The number of carboxylic acids is 1. The second kappa shape index (κ2) is 4.02. The lowest BCUT2D eigenvalue weighted by molar-refractivity contribution is 0.0692. The summed E-state index contributed by atoms with van der Waals surface area (Å²) in [4.78, 5) is 11.1. The predicted octanol–water partition coefficient (Wildman–Crippen LogP) is 2.57. The number of benzene rings is 1. The van der Waals surface area contributed by atoms with Crippen LogP contribution in [0.25, 0.3) is 0 Å². The number of carboxylic acid groups (broad SMARTS) is 1. The number of hydrogen-bond acceptors (Lipinski definition) is 3. The number of phenolic OH excluding ortho intramolecular Hbond substituents is 1. The van der Waals surface area contributed by atoms with Crippen LogP contribution in [0.5, 0.6) is 5.75 Å². The van der Waals surface area contributed by atoms with Crippen LogP contribution in [-0.4, -0.2) is 22.4 Å². The third kappa shape index (κ3) is 1.97. The van der Waals surface area contributed by atoms with Gasteiger partial charge >= 0.3 is 5.97 Å². The molecule has 0 heterocycles. The highest BCUT2D eigenvalue weighted by Crippen LogP contribution is 2.36. The summed E-state index contributed by atoms with van der Waals surface area (Å²) in [5.41, 5.74) is 0.119. The molecule has 0 saturated carbocycles. The van der Waals surface area contributed by atoms with Gasteiger partial charge in [-0.05, 0) is 34.3 Å². The summed E-state index contributed by atoms with van der Waals surface area (Å²) >= 11 is 4.32. The molecule has 1 aromatic carbocycles. The molecule has 0 unspecified atom stereocenters. The van der Waals surface area contributed by atoms with E-state index in [4.69, 9.17) is 5.11 Å². The molecule has 1 aromatic rings. The average Bonchev–Trinajstić information content (AvgIpc) is 2.09. The van der Waals surface area contributed by atoms with E-state index in [1.165, 1.54) is 23.9 Å². The molecule has 0 amide bonds. The van der Waals surface area contributed by atoms with Gasteiger partial charge in [0.1, 0.15) is 5.75 Å². The molecule has 0 saturated heterocycles. The first-order valence-electron chi connectivity index (χ1n) is 3.36. The van der Waals surface area contributed by atoms with Crippen LogP contribution in [0.4, 0.5) is 0 Å². The molecule has 2 N–H and O–H groups in total. The zero-order valence-corrected chi connectivity index (χ0v) is 9.15. The van der Waals surface area contributed by atoms with Crippen LogP contribution in [0, 0.1) is 0 Å². The molecule has 0 aliphatic heterocycles. The predicted molar refractivity (Wildman–Crippen MR) is 54.5 cm³/mol. The van der Waals surface area contributed by atoms with Gasteiger partial charge in [-0.1, -0.05) is 0 Å². The van der Waals surface area contributed by atoms with E-state index in [-0.39, 0.29) is 11.3 Å². The van der Waals surface area contributed by atoms with Crippen molar-refractivity contribution in [3.05, 3.63) is 22.2 Å². The fraction of sp³-hybridized carbons (Fsp3) is 0.125. The van der Waals surface area contributed by atoms with Crippen molar-refractivity contribution in [1.82, 2.24) is 0 Å². The Kier molecular flexibility index (Phi) is 3.22. The van der Waals surface area contributed by atoms with E-state index in [0.29, 0.717) is 9.37 Å². The summed E-state index contributed by atoms with van der Waals surface area (Å²) in [6.45, 7) is 0. The van der Waals surface area contributed by atoms with Crippen molar-refractivity contribution in [2.24, 2.45) is 0 Å². The van der Waals surface area contributed by atoms with Crippen LogP contribution < -0.4 is 0 Å². The van der Waals surface area contributed by atoms with Gasteiger partial charge in [0.2, 0.25) is 0 Å². The molecule has 0 atom stereocenters. The molecule has 1 rings (SSSR count). The number of rotatable bonds is 2. The summed E-state index contributed by atoms with van der Waals surface area (Å²) < 4.78 is 0.502. The molecule has 0 spiro atoms. The number of carbonyl (C=O) groups is 1. The number of aromatic carboxylic acids is 1. The highest BCUT2D eigenvalue weighted by molar-refractivity contribution is 9.10. The maximum absolute atomic E-state index is 10.7. The summed E-state index contributed by atoms with van der Waals surface area (Å²) in [5.74, 6) is -1.06. The Labute approximate surface area is 87.9 Å². The third-order valence-electron chi connectivity index (χ3n) is 1.52. The molecular weight excluding hydrogens is 256 g/mol. The van der Waals surface area contributed by atoms with E-state index < -0.39 is 5.97 Å². The van der Waals surface area contributed by atoms with Crippen molar-refractivity contribution < 1.29 is 15.0 Å². The quantitative estimate of drug-likeness (QED) is 0.805. The van der Waals surface area contributed by atoms with Gasteiger partial charge in [0.15, 0.2) is 0 Å². The van der Waals surface area contributed by atoms with E-state index in [0.717, 1.165) is 0 Å². The number of thioether (sulfide) groups is 1. The van der Waals surface area contributed by atoms with Gasteiger partial charge in [0.25, 0.3) is 0 Å². The van der Waals surface area contributed by atoms with Gasteiger partial charge in [0.05, 0.1) is 14.9 Å². The highest BCUT2D eigenvalue weighted by Gasteiger charge is 2.14. The third-order valence-corrected chi connectivity index (χ3v) is 2.98. The van der Waals surface area contributed by atoms with Crippen LogP contribution in [0.15, 0.2) is 21.5 Å². The molecule has 0 aliphatic rings. The lowest BCUT2D eigenvalue weighted by Gasteiger charge is -2.06. The van der Waals surface area contributed by atoms with E-state index in [1.807, 2.05) is 0 Å². The summed E-state index contributed by atoms with van der Waals surface area (Å²) in [6.07, 6.45) is 1.72. The standard InChI is InChI=1S/C8H7BrO3S/c1-13-7-4(8(11)12)2-3-5(9)6(7)10/h2-3,10H,1H3,(H,11,12). The zero-order valence-electron chi connectivity index (χ0n) is 6.74. The van der Waals surface area contributed by atoms with Crippen LogP contribution >= 0.6 is 27.7 Å². The topological polar surface area (TPSA) is 57.5 Å². The lowest BCUT2D eigenvalue weighted by atomic mass is 10.2. The summed E-state index contributed by atoms with van der Waals surface area (Å²) in [5, 5.41) is 18.3.